The first-order valence-corrected chi connectivity index (χ1v) is 8.94. The summed E-state index contributed by atoms with van der Waals surface area (Å²) in [7, 11) is 1.55. The molecule has 2 N–H and O–H groups in total. The molecule has 0 radical (unpaired) electrons. The summed E-state index contributed by atoms with van der Waals surface area (Å²) in [4.78, 5) is 22.7. The van der Waals surface area contributed by atoms with Gasteiger partial charge in [-0.15, -0.1) is 0 Å². The van der Waals surface area contributed by atoms with Crippen LogP contribution in [0.5, 0.6) is 11.5 Å². The Morgan fingerprint density at radius 1 is 1.23 bits per heavy atom. The van der Waals surface area contributed by atoms with Crippen molar-refractivity contribution in [1.82, 2.24) is 0 Å². The third kappa shape index (κ3) is 5.89. The number of amides is 1. The number of carbonyl (C=O) groups is 2. The highest BCUT2D eigenvalue weighted by atomic mass is 79.9. The number of hydrogen-bond acceptors (Lipinski definition) is 4. The summed E-state index contributed by atoms with van der Waals surface area (Å²) in [5.41, 5.74) is 1.22. The minimum Gasteiger partial charge on any atom is -0.495 e. The minimum absolute atomic E-state index is 0.349. The van der Waals surface area contributed by atoms with Crippen molar-refractivity contribution in [2.45, 2.75) is 0 Å². The second-order valence-electron chi connectivity index (χ2n) is 5.04. The highest BCUT2D eigenvalue weighted by Gasteiger charge is 2.08. The second-order valence-corrected chi connectivity index (χ2v) is 6.81. The van der Waals surface area contributed by atoms with E-state index in [9.17, 15) is 9.59 Å². The van der Waals surface area contributed by atoms with Gasteiger partial charge in [-0.25, -0.2) is 4.79 Å². The average Bonchev–Trinajstić information content (AvgIpc) is 2.58. The van der Waals surface area contributed by atoms with E-state index in [1.54, 1.807) is 37.5 Å². The van der Waals surface area contributed by atoms with Crippen molar-refractivity contribution in [2.75, 3.05) is 19.0 Å². The van der Waals surface area contributed by atoms with Crippen molar-refractivity contribution < 1.29 is 24.2 Å². The maximum Gasteiger partial charge on any atom is 0.341 e. The molecule has 26 heavy (non-hydrogen) atoms. The number of carbonyl (C=O) groups excluding carboxylic acids is 1. The summed E-state index contributed by atoms with van der Waals surface area (Å²) in [6.45, 7) is -0.450. The Balaban J connectivity index is 2.08. The Morgan fingerprint density at radius 3 is 2.69 bits per heavy atom. The Hall–Kier alpha value is -2.32. The van der Waals surface area contributed by atoms with Gasteiger partial charge in [0.05, 0.1) is 11.6 Å². The maximum absolute atomic E-state index is 12.1. The van der Waals surface area contributed by atoms with Gasteiger partial charge in [0.1, 0.15) is 11.5 Å². The van der Waals surface area contributed by atoms with E-state index in [-0.39, 0.29) is 5.91 Å². The summed E-state index contributed by atoms with van der Waals surface area (Å²) in [5.74, 6) is -0.455. The Labute approximate surface area is 167 Å². The standard InChI is InChI=1S/C18H15Br2NO5/c1-25-18-11(7-12(19)8-15(18)20)5-6-16(22)21-13-3-2-4-14(9-13)26-10-17(23)24/h2-9H,10H2,1H3,(H,21,22)(H,23,24)/b6-5+. The molecular formula is C18H15Br2NO5. The molecule has 2 aromatic rings. The van der Waals surface area contributed by atoms with E-state index in [1.165, 1.54) is 6.08 Å². The van der Waals surface area contributed by atoms with Gasteiger partial charge < -0.3 is 19.9 Å². The molecule has 0 saturated heterocycles. The first-order chi connectivity index (χ1) is 12.4. The number of aliphatic carboxylic acids is 1. The normalized spacial score (nSPS) is 10.6. The zero-order chi connectivity index (χ0) is 19.1. The number of benzene rings is 2. The molecule has 0 unspecified atom stereocenters. The lowest BCUT2D eigenvalue weighted by Gasteiger charge is -2.08. The lowest BCUT2D eigenvalue weighted by Crippen LogP contribution is -2.10. The van der Waals surface area contributed by atoms with Gasteiger partial charge in [0, 0.05) is 27.9 Å². The van der Waals surface area contributed by atoms with E-state index >= 15 is 0 Å². The van der Waals surface area contributed by atoms with Gasteiger partial charge in [-0.1, -0.05) is 22.0 Å². The molecule has 0 fully saturated rings. The SMILES string of the molecule is COc1c(Br)cc(Br)cc1/C=C/C(=O)Nc1cccc(OCC(=O)O)c1. The summed E-state index contributed by atoms with van der Waals surface area (Å²) in [6, 6.07) is 10.2. The second kappa shape index (κ2) is 9.40. The first-order valence-electron chi connectivity index (χ1n) is 7.36. The largest absolute Gasteiger partial charge is 0.495 e. The smallest absolute Gasteiger partial charge is 0.341 e. The third-order valence-electron chi connectivity index (χ3n) is 3.12. The number of rotatable bonds is 7. The average molecular weight is 485 g/mol. The van der Waals surface area contributed by atoms with Crippen LogP contribution in [0, 0.1) is 0 Å². The molecule has 0 heterocycles. The summed E-state index contributed by atoms with van der Waals surface area (Å²) >= 11 is 6.80. The predicted octanol–water partition coefficient (Wildman–Crippen LogP) is 4.34. The molecule has 0 aliphatic rings. The Bertz CT molecular complexity index is 851. The molecule has 0 saturated carbocycles. The molecule has 8 heteroatoms. The van der Waals surface area contributed by atoms with E-state index in [4.69, 9.17) is 14.6 Å². The van der Waals surface area contributed by atoms with Gasteiger partial charge in [0.25, 0.3) is 0 Å². The molecule has 0 aromatic heterocycles. The van der Waals surface area contributed by atoms with Gasteiger partial charge in [0.15, 0.2) is 6.61 Å². The number of hydrogen-bond donors (Lipinski definition) is 2. The number of nitrogens with one attached hydrogen (secondary N) is 1. The van der Waals surface area contributed by atoms with Crippen molar-refractivity contribution in [3.05, 3.63) is 57.0 Å². The Kier molecular flexibility index (Phi) is 7.23. The fourth-order valence-corrected chi connectivity index (χ4v) is 3.50. The van der Waals surface area contributed by atoms with E-state index in [0.717, 1.165) is 14.5 Å². The van der Waals surface area contributed by atoms with E-state index < -0.39 is 12.6 Å². The van der Waals surface area contributed by atoms with Crippen LogP contribution < -0.4 is 14.8 Å². The molecule has 0 bridgehead atoms. The van der Waals surface area contributed by atoms with Gasteiger partial charge >= 0.3 is 5.97 Å². The quantitative estimate of drug-likeness (QED) is 0.571. The third-order valence-corrected chi connectivity index (χ3v) is 4.17. The highest BCUT2D eigenvalue weighted by Crippen LogP contribution is 2.33. The van der Waals surface area contributed by atoms with Crippen molar-refractivity contribution in [3.63, 3.8) is 0 Å². The number of carboxylic acids is 1. The van der Waals surface area contributed by atoms with E-state index in [2.05, 4.69) is 37.2 Å². The molecule has 2 rings (SSSR count). The number of ether oxygens (including phenoxy) is 2. The van der Waals surface area contributed by atoms with Crippen LogP contribution in [-0.2, 0) is 9.59 Å². The molecule has 0 aliphatic carbocycles. The molecular weight excluding hydrogens is 470 g/mol. The lowest BCUT2D eigenvalue weighted by molar-refractivity contribution is -0.139. The van der Waals surface area contributed by atoms with Crippen LogP contribution in [-0.4, -0.2) is 30.7 Å². The van der Waals surface area contributed by atoms with Gasteiger partial charge in [-0.2, -0.15) is 0 Å². The fourth-order valence-electron chi connectivity index (χ4n) is 2.08. The lowest BCUT2D eigenvalue weighted by atomic mass is 10.2. The van der Waals surface area contributed by atoms with Crippen LogP contribution in [0.25, 0.3) is 6.08 Å². The maximum atomic E-state index is 12.1. The Morgan fingerprint density at radius 2 is 2.00 bits per heavy atom. The molecule has 0 atom stereocenters. The van der Waals surface area contributed by atoms with Gasteiger partial charge in [-0.3, -0.25) is 4.79 Å². The van der Waals surface area contributed by atoms with Crippen molar-refractivity contribution in [1.29, 1.82) is 0 Å². The number of methoxy groups -OCH3 is 1. The van der Waals surface area contributed by atoms with E-state index in [1.807, 2.05) is 12.1 Å². The van der Waals surface area contributed by atoms with Crippen LogP contribution in [0.15, 0.2) is 51.4 Å². The zero-order valence-corrected chi connectivity index (χ0v) is 16.8. The van der Waals surface area contributed by atoms with Crippen LogP contribution >= 0.6 is 31.9 Å². The molecule has 0 spiro atoms. The zero-order valence-electron chi connectivity index (χ0n) is 13.7. The predicted molar refractivity (Wildman–Crippen MR) is 106 cm³/mol. The molecule has 0 aliphatic heterocycles. The minimum atomic E-state index is -1.07. The fraction of sp³-hybridized carbons (Fsp3) is 0.111. The molecule has 6 nitrogen and oxygen atoms in total. The van der Waals surface area contributed by atoms with Crippen LogP contribution in [0.1, 0.15) is 5.56 Å². The van der Waals surface area contributed by atoms with Crippen molar-refractivity contribution in [2.24, 2.45) is 0 Å². The monoisotopic (exact) mass is 483 g/mol. The van der Waals surface area contributed by atoms with Crippen molar-refractivity contribution >= 4 is 55.5 Å². The molecule has 2 aromatic carbocycles. The summed E-state index contributed by atoms with van der Waals surface area (Å²) in [5, 5.41) is 11.3. The van der Waals surface area contributed by atoms with Crippen LogP contribution in [0.2, 0.25) is 0 Å². The van der Waals surface area contributed by atoms with Crippen molar-refractivity contribution in [3.8, 4) is 11.5 Å². The molecule has 1 amide bonds. The highest BCUT2D eigenvalue weighted by molar-refractivity contribution is 9.11. The topological polar surface area (TPSA) is 84.9 Å². The first kappa shape index (κ1) is 20.0. The van der Waals surface area contributed by atoms with Crippen LogP contribution in [0.4, 0.5) is 5.69 Å². The summed E-state index contributed by atoms with van der Waals surface area (Å²) in [6.07, 6.45) is 3.01. The van der Waals surface area contributed by atoms with E-state index in [0.29, 0.717) is 17.2 Å². The summed E-state index contributed by atoms with van der Waals surface area (Å²) < 4.78 is 12.0. The molecule has 136 valence electrons. The van der Waals surface area contributed by atoms with Gasteiger partial charge in [0.2, 0.25) is 5.91 Å². The number of anilines is 1. The number of carboxylic acid groups (broad SMARTS) is 1. The van der Waals surface area contributed by atoms with Gasteiger partial charge in [-0.05, 0) is 46.3 Å². The number of halogens is 2. The van der Waals surface area contributed by atoms with Crippen LogP contribution in [0.3, 0.4) is 0 Å².